The van der Waals surface area contributed by atoms with Gasteiger partial charge in [-0.25, -0.2) is 0 Å². The van der Waals surface area contributed by atoms with Crippen LogP contribution in [0.1, 0.15) is 17.0 Å². The molecule has 0 spiro atoms. The number of aryl methyl sites for hydroxylation is 2. The largest absolute Gasteiger partial charge is 0.468 e. The van der Waals surface area contributed by atoms with Gasteiger partial charge in [-0.1, -0.05) is 0 Å². The number of hydrogen-bond donors (Lipinski definition) is 1. The van der Waals surface area contributed by atoms with Crippen LogP contribution in [0.15, 0.2) is 0 Å². The van der Waals surface area contributed by atoms with Gasteiger partial charge >= 0.3 is 5.97 Å². The standard InChI is InChI=1S/C10H17N3O2/c1-7-9(8(2)13(3)12-7)5-11-6-10(14)15-4/h11H,5-6H2,1-4H3. The third-order valence-corrected chi connectivity index (χ3v) is 2.46. The van der Waals surface area contributed by atoms with Crippen molar-refractivity contribution in [1.29, 1.82) is 0 Å². The van der Waals surface area contributed by atoms with E-state index in [9.17, 15) is 4.79 Å². The second-order valence-electron chi connectivity index (χ2n) is 3.45. The van der Waals surface area contributed by atoms with Crippen molar-refractivity contribution in [2.45, 2.75) is 20.4 Å². The van der Waals surface area contributed by atoms with Gasteiger partial charge in [-0.2, -0.15) is 5.10 Å². The number of rotatable bonds is 4. The molecule has 5 nitrogen and oxygen atoms in total. The molecule has 0 saturated carbocycles. The van der Waals surface area contributed by atoms with Gasteiger partial charge < -0.3 is 10.1 Å². The van der Waals surface area contributed by atoms with E-state index in [2.05, 4.69) is 15.2 Å². The molecule has 15 heavy (non-hydrogen) atoms. The van der Waals surface area contributed by atoms with Crippen molar-refractivity contribution in [3.8, 4) is 0 Å². The average molecular weight is 211 g/mol. The third-order valence-electron chi connectivity index (χ3n) is 2.46. The second-order valence-corrected chi connectivity index (χ2v) is 3.45. The van der Waals surface area contributed by atoms with Gasteiger partial charge in [-0.3, -0.25) is 9.48 Å². The van der Waals surface area contributed by atoms with E-state index in [4.69, 9.17) is 0 Å². The zero-order valence-electron chi connectivity index (χ0n) is 9.63. The fraction of sp³-hybridized carbons (Fsp3) is 0.600. The SMILES string of the molecule is COC(=O)CNCc1c(C)nn(C)c1C. The Kier molecular flexibility index (Phi) is 3.85. The van der Waals surface area contributed by atoms with Crippen LogP contribution in [0.2, 0.25) is 0 Å². The summed E-state index contributed by atoms with van der Waals surface area (Å²) in [5, 5.41) is 7.31. The number of nitrogens with zero attached hydrogens (tertiary/aromatic N) is 2. The highest BCUT2D eigenvalue weighted by Crippen LogP contribution is 2.10. The van der Waals surface area contributed by atoms with Crippen molar-refractivity contribution in [3.63, 3.8) is 0 Å². The Morgan fingerprint density at radius 2 is 2.20 bits per heavy atom. The maximum absolute atomic E-state index is 10.9. The summed E-state index contributed by atoms with van der Waals surface area (Å²) >= 11 is 0. The van der Waals surface area contributed by atoms with E-state index < -0.39 is 0 Å². The van der Waals surface area contributed by atoms with Crippen molar-refractivity contribution >= 4 is 5.97 Å². The lowest BCUT2D eigenvalue weighted by atomic mass is 10.2. The number of hydrogen-bond acceptors (Lipinski definition) is 4. The van der Waals surface area contributed by atoms with E-state index in [0.29, 0.717) is 6.54 Å². The van der Waals surface area contributed by atoms with E-state index in [1.54, 1.807) is 0 Å². The zero-order chi connectivity index (χ0) is 11.4. The highest BCUT2D eigenvalue weighted by atomic mass is 16.5. The molecule has 0 amide bonds. The maximum Gasteiger partial charge on any atom is 0.319 e. The Balaban J connectivity index is 2.54. The number of esters is 1. The lowest BCUT2D eigenvalue weighted by molar-refractivity contribution is -0.139. The first-order valence-corrected chi connectivity index (χ1v) is 4.83. The Bertz CT molecular complexity index is 358. The Morgan fingerprint density at radius 3 is 2.67 bits per heavy atom. The molecule has 5 heteroatoms. The Morgan fingerprint density at radius 1 is 1.53 bits per heavy atom. The predicted molar refractivity (Wildman–Crippen MR) is 56.4 cm³/mol. The van der Waals surface area contributed by atoms with Gasteiger partial charge in [-0.15, -0.1) is 0 Å². The molecule has 1 aromatic heterocycles. The first kappa shape index (κ1) is 11.7. The molecule has 0 radical (unpaired) electrons. The van der Waals surface area contributed by atoms with E-state index >= 15 is 0 Å². The lowest BCUT2D eigenvalue weighted by Crippen LogP contribution is -2.23. The number of methoxy groups -OCH3 is 1. The molecule has 0 aliphatic heterocycles. The number of carbonyl (C=O) groups is 1. The smallest absolute Gasteiger partial charge is 0.319 e. The number of nitrogens with one attached hydrogen (secondary N) is 1. The van der Waals surface area contributed by atoms with Crippen LogP contribution in [-0.2, 0) is 23.1 Å². The average Bonchev–Trinajstić information content (AvgIpc) is 2.44. The zero-order valence-corrected chi connectivity index (χ0v) is 9.63. The number of carbonyl (C=O) groups excluding carboxylic acids is 1. The fourth-order valence-electron chi connectivity index (χ4n) is 1.44. The van der Waals surface area contributed by atoms with Crippen LogP contribution < -0.4 is 5.32 Å². The summed E-state index contributed by atoms with van der Waals surface area (Å²) in [6.45, 7) is 4.84. The highest BCUT2D eigenvalue weighted by molar-refractivity contribution is 5.71. The van der Waals surface area contributed by atoms with Crippen molar-refractivity contribution < 1.29 is 9.53 Å². The maximum atomic E-state index is 10.9. The molecule has 0 bridgehead atoms. The fourth-order valence-corrected chi connectivity index (χ4v) is 1.44. The van der Waals surface area contributed by atoms with Crippen molar-refractivity contribution in [2.75, 3.05) is 13.7 Å². The molecule has 1 aromatic rings. The molecule has 1 rings (SSSR count). The summed E-state index contributed by atoms with van der Waals surface area (Å²) in [6, 6.07) is 0. The van der Waals surface area contributed by atoms with Crippen LogP contribution in [0, 0.1) is 13.8 Å². The molecule has 0 aliphatic carbocycles. The normalized spacial score (nSPS) is 10.4. The summed E-state index contributed by atoms with van der Waals surface area (Å²) in [6.07, 6.45) is 0. The molecule has 0 unspecified atom stereocenters. The number of ether oxygens (including phenoxy) is 1. The summed E-state index contributed by atoms with van der Waals surface area (Å²) < 4.78 is 6.37. The molecule has 84 valence electrons. The van der Waals surface area contributed by atoms with E-state index in [-0.39, 0.29) is 12.5 Å². The molecule has 1 heterocycles. The minimum atomic E-state index is -0.255. The van der Waals surface area contributed by atoms with E-state index in [1.165, 1.54) is 7.11 Å². The van der Waals surface area contributed by atoms with E-state index in [1.807, 2.05) is 25.6 Å². The van der Waals surface area contributed by atoms with Crippen LogP contribution in [0.4, 0.5) is 0 Å². The third kappa shape index (κ3) is 2.79. The summed E-state index contributed by atoms with van der Waals surface area (Å²) in [7, 11) is 3.29. The summed E-state index contributed by atoms with van der Waals surface area (Å²) in [5.41, 5.74) is 3.25. The van der Waals surface area contributed by atoms with Gasteiger partial charge in [0, 0.05) is 24.8 Å². The molecular weight excluding hydrogens is 194 g/mol. The lowest BCUT2D eigenvalue weighted by Gasteiger charge is -2.03. The van der Waals surface area contributed by atoms with Gasteiger partial charge in [-0.05, 0) is 13.8 Å². The van der Waals surface area contributed by atoms with Crippen molar-refractivity contribution in [3.05, 3.63) is 17.0 Å². The molecular formula is C10H17N3O2. The Hall–Kier alpha value is -1.36. The minimum Gasteiger partial charge on any atom is -0.468 e. The second kappa shape index (κ2) is 4.93. The van der Waals surface area contributed by atoms with Gasteiger partial charge in [0.1, 0.15) is 0 Å². The van der Waals surface area contributed by atoms with Gasteiger partial charge in [0.25, 0.3) is 0 Å². The molecule has 0 aliphatic rings. The van der Waals surface area contributed by atoms with Crippen LogP contribution in [0.25, 0.3) is 0 Å². The highest BCUT2D eigenvalue weighted by Gasteiger charge is 2.09. The summed E-state index contributed by atoms with van der Waals surface area (Å²) in [4.78, 5) is 10.9. The first-order chi connectivity index (χ1) is 7.06. The van der Waals surface area contributed by atoms with E-state index in [0.717, 1.165) is 17.0 Å². The Labute approximate surface area is 89.4 Å². The minimum absolute atomic E-state index is 0.226. The van der Waals surface area contributed by atoms with Crippen molar-refractivity contribution in [1.82, 2.24) is 15.1 Å². The van der Waals surface area contributed by atoms with Crippen LogP contribution in [0.3, 0.4) is 0 Å². The van der Waals surface area contributed by atoms with Crippen LogP contribution >= 0.6 is 0 Å². The predicted octanol–water partition coefficient (Wildman–Crippen LogP) is 0.300. The molecule has 1 N–H and O–H groups in total. The molecule has 0 atom stereocenters. The first-order valence-electron chi connectivity index (χ1n) is 4.83. The van der Waals surface area contributed by atoms with Gasteiger partial charge in [0.2, 0.25) is 0 Å². The van der Waals surface area contributed by atoms with Crippen molar-refractivity contribution in [2.24, 2.45) is 7.05 Å². The van der Waals surface area contributed by atoms with Gasteiger partial charge in [0.05, 0.1) is 19.3 Å². The van der Waals surface area contributed by atoms with Gasteiger partial charge in [0.15, 0.2) is 0 Å². The molecule has 0 fully saturated rings. The topological polar surface area (TPSA) is 56.1 Å². The number of aromatic nitrogens is 2. The molecule has 0 saturated heterocycles. The monoisotopic (exact) mass is 211 g/mol. The van der Waals surface area contributed by atoms with Crippen LogP contribution in [0.5, 0.6) is 0 Å². The molecule has 0 aromatic carbocycles. The summed E-state index contributed by atoms with van der Waals surface area (Å²) in [5.74, 6) is -0.255. The quantitative estimate of drug-likeness (QED) is 0.728. The van der Waals surface area contributed by atoms with Crippen LogP contribution in [-0.4, -0.2) is 29.4 Å².